The Hall–Kier alpha value is -2.85. The average molecular weight is 447 g/mol. The van der Waals surface area contributed by atoms with E-state index in [-0.39, 0.29) is 24.1 Å². The van der Waals surface area contributed by atoms with E-state index in [1.54, 1.807) is 33.0 Å². The number of ether oxygens (including phenoxy) is 1. The van der Waals surface area contributed by atoms with E-state index >= 15 is 0 Å². The van der Waals surface area contributed by atoms with Gasteiger partial charge in [-0.3, -0.25) is 14.5 Å². The second-order valence-corrected chi connectivity index (χ2v) is 8.11. The number of carbonyl (C=O) groups excluding carboxylic acids is 3. The van der Waals surface area contributed by atoms with Crippen molar-refractivity contribution < 1.29 is 36.7 Å². The van der Waals surface area contributed by atoms with Gasteiger partial charge >= 0.3 is 12.3 Å². The quantitative estimate of drug-likeness (QED) is 0.680. The summed E-state index contributed by atoms with van der Waals surface area (Å²) in [6, 6.07) is 1.33. The van der Waals surface area contributed by atoms with Crippen molar-refractivity contribution >= 4 is 23.6 Å². The first-order valence-electron chi connectivity index (χ1n) is 9.68. The molecule has 1 aliphatic heterocycles. The van der Waals surface area contributed by atoms with E-state index in [1.165, 1.54) is 12.1 Å². The summed E-state index contributed by atoms with van der Waals surface area (Å²) in [5.74, 6) is -2.52. The third-order valence-electron chi connectivity index (χ3n) is 4.46. The lowest BCUT2D eigenvalue weighted by molar-refractivity contribution is -0.139. The average Bonchev–Trinajstić information content (AvgIpc) is 3.02. The summed E-state index contributed by atoms with van der Waals surface area (Å²) in [4.78, 5) is 38.7. The molecular weight excluding hydrogens is 422 g/mol. The molecule has 1 heterocycles. The summed E-state index contributed by atoms with van der Waals surface area (Å²) in [5, 5.41) is 4.14. The zero-order chi connectivity index (χ0) is 23.6. The maximum absolute atomic E-state index is 14.3. The Bertz CT molecular complexity index is 852. The summed E-state index contributed by atoms with van der Waals surface area (Å²) in [5.41, 5.74) is -0.717. The molecule has 1 aromatic carbocycles. The number of alkyl halides is 3. The van der Waals surface area contributed by atoms with Crippen molar-refractivity contribution in [3.05, 3.63) is 29.6 Å². The smallest absolute Gasteiger partial charge is 0.408 e. The van der Waals surface area contributed by atoms with E-state index in [1.807, 2.05) is 0 Å². The molecule has 1 aliphatic rings. The molecule has 2 rings (SSSR count). The predicted octanol–water partition coefficient (Wildman–Crippen LogP) is 3.07. The zero-order valence-electron chi connectivity index (χ0n) is 17.6. The van der Waals surface area contributed by atoms with Crippen molar-refractivity contribution in [1.29, 1.82) is 0 Å². The number of fused-ring (bicyclic) bond motifs is 1. The van der Waals surface area contributed by atoms with Gasteiger partial charge in [0.15, 0.2) is 0 Å². The molecule has 11 heteroatoms. The molecule has 0 aliphatic carbocycles. The number of hydrogen-bond acceptors (Lipinski definition) is 4. The van der Waals surface area contributed by atoms with Crippen LogP contribution in [-0.2, 0) is 20.7 Å². The summed E-state index contributed by atoms with van der Waals surface area (Å²) < 4.78 is 57.0. The lowest BCUT2D eigenvalue weighted by Gasteiger charge is -2.29. The van der Waals surface area contributed by atoms with Gasteiger partial charge in [-0.1, -0.05) is 13.0 Å². The molecule has 0 fully saturated rings. The van der Waals surface area contributed by atoms with Gasteiger partial charge in [0.2, 0.25) is 11.8 Å². The van der Waals surface area contributed by atoms with E-state index in [0.29, 0.717) is 0 Å². The van der Waals surface area contributed by atoms with Crippen molar-refractivity contribution in [3.8, 4) is 0 Å². The largest absolute Gasteiger partial charge is 0.444 e. The predicted molar refractivity (Wildman–Crippen MR) is 104 cm³/mol. The number of hydrogen-bond donors (Lipinski definition) is 2. The van der Waals surface area contributed by atoms with Gasteiger partial charge in [0.1, 0.15) is 30.0 Å². The fraction of sp³-hybridized carbons (Fsp3) is 0.550. The zero-order valence-corrected chi connectivity index (χ0v) is 17.6. The highest BCUT2D eigenvalue weighted by Crippen LogP contribution is 2.35. The third-order valence-corrected chi connectivity index (χ3v) is 4.46. The molecule has 2 N–H and O–H groups in total. The molecule has 0 bridgehead atoms. The number of amides is 3. The summed E-state index contributed by atoms with van der Waals surface area (Å²) >= 11 is 0. The number of nitrogens with zero attached hydrogens (tertiary/aromatic N) is 1. The van der Waals surface area contributed by atoms with E-state index < -0.39 is 54.1 Å². The van der Waals surface area contributed by atoms with Gasteiger partial charge < -0.3 is 15.4 Å². The number of anilines is 1. The van der Waals surface area contributed by atoms with Crippen LogP contribution in [0.4, 0.5) is 28.0 Å². The first kappa shape index (κ1) is 24.4. The second kappa shape index (κ2) is 9.11. The van der Waals surface area contributed by atoms with Gasteiger partial charge in [-0.15, -0.1) is 0 Å². The number of nitrogens with one attached hydrogen (secondary N) is 2. The maximum Gasteiger partial charge on any atom is 0.408 e. The lowest BCUT2D eigenvalue weighted by Crippen LogP contribution is -2.55. The highest BCUT2D eigenvalue weighted by Gasteiger charge is 2.43. The van der Waals surface area contributed by atoms with Crippen molar-refractivity contribution in [3.63, 3.8) is 0 Å². The van der Waals surface area contributed by atoms with Crippen LogP contribution in [0.15, 0.2) is 18.2 Å². The first-order valence-corrected chi connectivity index (χ1v) is 9.68. The van der Waals surface area contributed by atoms with Crippen LogP contribution in [0.2, 0.25) is 0 Å². The molecule has 0 aromatic heterocycles. The number of rotatable bonds is 5. The minimum atomic E-state index is -4.65. The molecule has 1 unspecified atom stereocenters. The highest BCUT2D eigenvalue weighted by molar-refractivity contribution is 6.06. The third kappa shape index (κ3) is 6.31. The fourth-order valence-electron chi connectivity index (χ4n) is 3.17. The minimum absolute atomic E-state index is 0.0372. The monoisotopic (exact) mass is 447 g/mol. The standard InChI is InChI=1S/C20H25F4N3O4/c1-5-13(26-18(30)31-19(2,3)4)17(29)27-14-8-6-7-12(21)11(14)9-15(27)16(28)25-10-20(22,23)24/h6-8,13,15H,5,9-10H2,1-4H3,(H,25,28)(H,26,30)/t13-,15?/m0/s1. The molecule has 2 atom stereocenters. The number of benzene rings is 1. The van der Waals surface area contributed by atoms with Crippen molar-refractivity contribution in [1.82, 2.24) is 10.6 Å². The van der Waals surface area contributed by atoms with E-state index in [4.69, 9.17) is 4.74 Å². The van der Waals surface area contributed by atoms with Crippen LogP contribution in [0, 0.1) is 5.82 Å². The Morgan fingerprint density at radius 3 is 2.42 bits per heavy atom. The van der Waals surface area contributed by atoms with Crippen LogP contribution in [0.25, 0.3) is 0 Å². The number of carbonyl (C=O) groups is 3. The van der Waals surface area contributed by atoms with Gasteiger partial charge in [-0.2, -0.15) is 13.2 Å². The van der Waals surface area contributed by atoms with E-state index in [9.17, 15) is 31.9 Å². The molecule has 31 heavy (non-hydrogen) atoms. The molecule has 7 nitrogen and oxygen atoms in total. The van der Waals surface area contributed by atoms with Crippen LogP contribution < -0.4 is 15.5 Å². The Kier molecular flexibility index (Phi) is 7.17. The van der Waals surface area contributed by atoms with Crippen LogP contribution in [0.5, 0.6) is 0 Å². The Morgan fingerprint density at radius 1 is 1.23 bits per heavy atom. The normalized spacial score (nSPS) is 17.0. The van der Waals surface area contributed by atoms with Crippen LogP contribution in [-0.4, -0.2) is 48.3 Å². The molecule has 0 saturated carbocycles. The first-order chi connectivity index (χ1) is 14.2. The molecular formula is C20H25F4N3O4. The van der Waals surface area contributed by atoms with Crippen molar-refractivity contribution in [2.45, 2.75) is 64.4 Å². The molecule has 172 valence electrons. The molecule has 3 amide bonds. The van der Waals surface area contributed by atoms with Gasteiger partial charge in [0, 0.05) is 12.0 Å². The van der Waals surface area contributed by atoms with E-state index in [2.05, 4.69) is 5.32 Å². The second-order valence-electron chi connectivity index (χ2n) is 8.11. The van der Waals surface area contributed by atoms with Crippen LogP contribution in [0.3, 0.4) is 0 Å². The van der Waals surface area contributed by atoms with Crippen LogP contribution in [0.1, 0.15) is 39.7 Å². The van der Waals surface area contributed by atoms with E-state index in [0.717, 1.165) is 11.0 Å². The lowest BCUT2D eigenvalue weighted by atomic mass is 10.1. The molecule has 0 spiro atoms. The SMILES string of the molecule is CC[C@H](NC(=O)OC(C)(C)C)C(=O)N1c2cccc(F)c2CC1C(=O)NCC(F)(F)F. The summed E-state index contributed by atoms with van der Waals surface area (Å²) in [6.45, 7) is 4.92. The number of halogens is 4. The molecule has 0 saturated heterocycles. The fourth-order valence-corrected chi connectivity index (χ4v) is 3.17. The van der Waals surface area contributed by atoms with Gasteiger partial charge in [0.05, 0.1) is 5.69 Å². The van der Waals surface area contributed by atoms with Crippen molar-refractivity contribution in [2.75, 3.05) is 11.4 Å². The topological polar surface area (TPSA) is 87.7 Å². The summed E-state index contributed by atoms with van der Waals surface area (Å²) in [7, 11) is 0. The highest BCUT2D eigenvalue weighted by atomic mass is 19.4. The van der Waals surface area contributed by atoms with Gasteiger partial charge in [-0.25, -0.2) is 9.18 Å². The Balaban J connectivity index is 2.31. The van der Waals surface area contributed by atoms with Crippen molar-refractivity contribution in [2.24, 2.45) is 0 Å². The van der Waals surface area contributed by atoms with Crippen LogP contribution >= 0.6 is 0 Å². The molecule has 0 radical (unpaired) electrons. The maximum atomic E-state index is 14.3. The van der Waals surface area contributed by atoms with Gasteiger partial charge in [-0.05, 0) is 39.3 Å². The molecule has 1 aromatic rings. The number of alkyl carbamates (subject to hydrolysis) is 1. The summed E-state index contributed by atoms with van der Waals surface area (Å²) in [6.07, 6.45) is -5.70. The Morgan fingerprint density at radius 2 is 1.87 bits per heavy atom. The van der Waals surface area contributed by atoms with Gasteiger partial charge in [0.25, 0.3) is 0 Å². The minimum Gasteiger partial charge on any atom is -0.444 e. The Labute approximate surface area is 177 Å².